The van der Waals surface area contributed by atoms with Gasteiger partial charge in [-0.3, -0.25) is 4.79 Å². The second-order valence-electron chi connectivity index (χ2n) is 11.6. The van der Waals surface area contributed by atoms with Crippen molar-refractivity contribution in [3.63, 3.8) is 0 Å². The van der Waals surface area contributed by atoms with Crippen LogP contribution in [0.15, 0.2) is 109 Å². The van der Waals surface area contributed by atoms with Crippen LogP contribution in [0.4, 0.5) is 11.5 Å². The minimum Gasteiger partial charge on any atom is -0.454 e. The zero-order chi connectivity index (χ0) is 32.0. The van der Waals surface area contributed by atoms with Gasteiger partial charge in [0.15, 0.2) is 11.6 Å². The number of halogens is 3. The molecule has 0 saturated carbocycles. The molecule has 2 unspecified atom stereocenters. The van der Waals surface area contributed by atoms with Crippen molar-refractivity contribution in [1.82, 2.24) is 29.5 Å². The van der Waals surface area contributed by atoms with E-state index in [0.29, 0.717) is 29.7 Å². The minimum absolute atomic E-state index is 0. The first kappa shape index (κ1) is 36.2. The maximum atomic E-state index is 12.5. The van der Waals surface area contributed by atoms with Gasteiger partial charge in [-0.15, -0.1) is 24.8 Å². The number of amides is 1. The van der Waals surface area contributed by atoms with E-state index in [1.807, 2.05) is 42.6 Å². The van der Waals surface area contributed by atoms with Crippen LogP contribution in [0.3, 0.4) is 0 Å². The summed E-state index contributed by atoms with van der Waals surface area (Å²) < 4.78 is 10.8. The van der Waals surface area contributed by atoms with Crippen LogP contribution in [0.2, 0.25) is 5.02 Å². The monoisotopic (exact) mass is 737 g/mol. The fourth-order valence-corrected chi connectivity index (χ4v) is 7.88. The molecule has 3 aromatic carbocycles. The molecule has 5 aromatic rings. The zero-order valence-electron chi connectivity index (χ0n) is 26.6. The molecule has 256 valence electrons. The highest BCUT2D eigenvalue weighted by Gasteiger charge is 2.22. The lowest BCUT2D eigenvalue weighted by Crippen LogP contribution is -2.34. The van der Waals surface area contributed by atoms with Gasteiger partial charge in [-0.05, 0) is 48.4 Å². The molecule has 2 aromatic heterocycles. The lowest BCUT2D eigenvalue weighted by molar-refractivity contribution is -0.124. The van der Waals surface area contributed by atoms with Crippen molar-refractivity contribution < 1.29 is 9.53 Å². The number of nitrogens with zero attached hydrogens (tertiary/aromatic N) is 4. The van der Waals surface area contributed by atoms with Gasteiger partial charge in [0.2, 0.25) is 5.91 Å². The second-order valence-corrected chi connectivity index (χ2v) is 13.8. The first-order chi connectivity index (χ1) is 23.1. The number of hydrogen-bond donors (Lipinski definition) is 3. The van der Waals surface area contributed by atoms with Crippen molar-refractivity contribution >= 4 is 80.9 Å². The maximum Gasteiger partial charge on any atom is 0.224 e. The molecule has 13 heteroatoms. The highest BCUT2D eigenvalue weighted by atomic mass is 35.5. The molecule has 1 saturated heterocycles. The third-order valence-electron chi connectivity index (χ3n) is 8.22. The van der Waals surface area contributed by atoms with E-state index in [1.54, 1.807) is 6.33 Å². The largest absolute Gasteiger partial charge is 0.454 e. The molecule has 2 aliphatic rings. The van der Waals surface area contributed by atoms with Crippen LogP contribution < -0.4 is 20.7 Å². The van der Waals surface area contributed by atoms with Gasteiger partial charge in [0, 0.05) is 42.6 Å². The molecule has 2 aliphatic heterocycles. The molecule has 1 fully saturated rings. The Labute approximate surface area is 306 Å². The molecular formula is C36H38Cl3N7O2S. The van der Waals surface area contributed by atoms with Crippen LogP contribution in [0.25, 0.3) is 11.0 Å². The third-order valence-corrected chi connectivity index (χ3v) is 10.5. The Bertz CT molecular complexity index is 1930. The molecule has 4 heterocycles. The number of ether oxygens (including phenoxy) is 1. The molecule has 1 amide bonds. The number of benzene rings is 3. The number of hydrogen-bond acceptors (Lipinski definition) is 7. The minimum atomic E-state index is -0.183. The predicted molar refractivity (Wildman–Crippen MR) is 205 cm³/mol. The summed E-state index contributed by atoms with van der Waals surface area (Å²) in [6, 6.07) is 28.6. The van der Waals surface area contributed by atoms with E-state index in [-0.39, 0.29) is 47.3 Å². The summed E-state index contributed by atoms with van der Waals surface area (Å²) >= 11 is 6.79. The molecule has 49 heavy (non-hydrogen) atoms. The lowest BCUT2D eigenvalue weighted by atomic mass is 10.1. The summed E-state index contributed by atoms with van der Waals surface area (Å²) in [5, 5.41) is 12.4. The number of anilines is 2. The van der Waals surface area contributed by atoms with Gasteiger partial charge in [0.1, 0.15) is 17.6 Å². The number of carbonyl (C=O) groups excluding carboxylic acids is 1. The predicted octanol–water partition coefficient (Wildman–Crippen LogP) is 7.32. The van der Waals surface area contributed by atoms with Crippen LogP contribution in [0.1, 0.15) is 17.5 Å². The molecule has 2 atom stereocenters. The van der Waals surface area contributed by atoms with Crippen LogP contribution in [-0.4, -0.2) is 49.7 Å². The third kappa shape index (κ3) is 8.95. The van der Waals surface area contributed by atoms with E-state index in [0.717, 1.165) is 54.3 Å². The topological polar surface area (TPSA) is 96.3 Å². The molecule has 0 radical (unpaired) electrons. The molecular weight excluding hydrogens is 701 g/mol. The van der Waals surface area contributed by atoms with E-state index in [1.165, 1.54) is 11.1 Å². The van der Waals surface area contributed by atoms with Crippen molar-refractivity contribution in [2.75, 3.05) is 25.0 Å². The number of aromatic nitrogens is 3. The fraction of sp³-hybridized carbons (Fsp3) is 0.222. The number of rotatable bonds is 12. The second kappa shape index (κ2) is 17.0. The van der Waals surface area contributed by atoms with Crippen LogP contribution in [-0.2, 0) is 23.6 Å². The van der Waals surface area contributed by atoms with Crippen LogP contribution in [0, 0.1) is 5.92 Å². The fourth-order valence-electron chi connectivity index (χ4n) is 5.81. The van der Waals surface area contributed by atoms with E-state index in [4.69, 9.17) is 16.3 Å². The van der Waals surface area contributed by atoms with E-state index >= 15 is 0 Å². The van der Waals surface area contributed by atoms with Crippen molar-refractivity contribution in [1.29, 1.82) is 0 Å². The van der Waals surface area contributed by atoms with E-state index in [2.05, 4.69) is 94.9 Å². The van der Waals surface area contributed by atoms with Crippen LogP contribution >= 0.6 is 47.1 Å². The van der Waals surface area contributed by atoms with Gasteiger partial charge in [-0.25, -0.2) is 9.97 Å². The van der Waals surface area contributed by atoms with Gasteiger partial charge >= 0.3 is 0 Å². The highest BCUT2D eigenvalue weighted by molar-refractivity contribution is 8.12. The van der Waals surface area contributed by atoms with E-state index < -0.39 is 0 Å². The average Bonchev–Trinajstić information content (AvgIpc) is 3.85. The number of allylic oxidation sites excluding steroid dienone is 1. The summed E-state index contributed by atoms with van der Waals surface area (Å²) in [5.41, 5.74) is 4.97. The molecule has 7 rings (SSSR count). The summed E-state index contributed by atoms with van der Waals surface area (Å²) in [5.74, 6) is 3.04. The summed E-state index contributed by atoms with van der Waals surface area (Å²) in [4.78, 5) is 21.4. The van der Waals surface area contributed by atoms with Gasteiger partial charge in [-0.2, -0.15) is 0 Å². The van der Waals surface area contributed by atoms with Gasteiger partial charge in [0.25, 0.3) is 0 Å². The molecule has 9 nitrogen and oxygen atoms in total. The molecule has 0 spiro atoms. The van der Waals surface area contributed by atoms with Gasteiger partial charge in [0.05, 0.1) is 29.2 Å². The maximum absolute atomic E-state index is 12.5. The first-order valence-corrected chi connectivity index (χ1v) is 17.5. The Morgan fingerprint density at radius 3 is 2.51 bits per heavy atom. The number of nitrogens with one attached hydrogen (secondary N) is 3. The van der Waals surface area contributed by atoms with Gasteiger partial charge < -0.3 is 29.6 Å². The highest BCUT2D eigenvalue weighted by Crippen LogP contribution is 2.36. The Morgan fingerprint density at radius 2 is 1.78 bits per heavy atom. The van der Waals surface area contributed by atoms with Crippen molar-refractivity contribution in [3.8, 4) is 5.75 Å². The molecule has 0 aliphatic carbocycles. The Balaban J connectivity index is 0.00000234. The summed E-state index contributed by atoms with van der Waals surface area (Å²) in [7, 11) is -0.183. The Hall–Kier alpha value is -4.06. The SMILES string of the molecule is Cl.Cl.O=C(NCCn1ccc2ncnc(Nc3ccc(OC4=CN(Cc5ccccc5)S(Cc5ccccc5)=C4)c(Cl)c3)c21)C1CCNC1. The Kier molecular flexibility index (Phi) is 12.6. The van der Waals surface area contributed by atoms with E-state index in [9.17, 15) is 4.79 Å². The average molecular weight is 739 g/mol. The quantitative estimate of drug-likeness (QED) is 0.116. The standard InChI is InChI=1S/C36H36ClN7O2S.2ClH/c37-31-19-29(42-35-34-32(40-25-41-35)14-17-43(34)18-16-39-36(45)28-13-15-38-20-28)11-12-33(31)46-30-22-44(21-26-7-3-1-4-8-26)47(24-30)23-27-9-5-2-6-10-27;;/h1-12,14,17,19,22,24-25,28,38H,13,15-16,18,20-21,23H2,(H,39,45)(H,40,41,42);2*1H. The number of fused-ring (bicyclic) bond motifs is 1. The smallest absolute Gasteiger partial charge is 0.224 e. The van der Waals surface area contributed by atoms with Gasteiger partial charge in [-0.1, -0.05) is 82.9 Å². The normalized spacial score (nSPS) is 16.7. The van der Waals surface area contributed by atoms with Crippen molar-refractivity contribution in [2.24, 2.45) is 5.92 Å². The first-order valence-electron chi connectivity index (χ1n) is 15.7. The van der Waals surface area contributed by atoms with Crippen LogP contribution in [0.5, 0.6) is 5.75 Å². The summed E-state index contributed by atoms with van der Waals surface area (Å²) in [6.45, 7) is 3.54. The zero-order valence-corrected chi connectivity index (χ0v) is 29.8. The molecule has 0 bridgehead atoms. The number of carbonyl (C=O) groups is 1. The lowest BCUT2D eigenvalue weighted by Gasteiger charge is -2.21. The van der Waals surface area contributed by atoms with Crippen molar-refractivity contribution in [2.45, 2.75) is 25.3 Å². The Morgan fingerprint density at radius 1 is 1.00 bits per heavy atom. The molecule has 3 N–H and O–H groups in total. The van der Waals surface area contributed by atoms with Crippen molar-refractivity contribution in [3.05, 3.63) is 126 Å². The summed E-state index contributed by atoms with van der Waals surface area (Å²) in [6.07, 6.45) is 6.47.